The number of esters is 1. The Labute approximate surface area is 277 Å². The summed E-state index contributed by atoms with van der Waals surface area (Å²) in [4.78, 5) is 43.7. The topological polar surface area (TPSA) is 113 Å². The van der Waals surface area contributed by atoms with Crippen molar-refractivity contribution in [3.63, 3.8) is 0 Å². The van der Waals surface area contributed by atoms with Gasteiger partial charge in [-0.05, 0) is 75.8 Å². The minimum Gasteiger partial charge on any atom is -0.493 e. The smallest absolute Gasteiger partial charge is 0.417 e. The van der Waals surface area contributed by atoms with Gasteiger partial charge in [0, 0.05) is 24.5 Å². The van der Waals surface area contributed by atoms with Gasteiger partial charge < -0.3 is 33.3 Å². The molecule has 3 aliphatic rings. The van der Waals surface area contributed by atoms with Crippen molar-refractivity contribution in [3.8, 4) is 11.5 Å². The van der Waals surface area contributed by atoms with Gasteiger partial charge in [-0.1, -0.05) is 34.1 Å². The highest BCUT2D eigenvalue weighted by molar-refractivity contribution is 9.08. The van der Waals surface area contributed by atoms with Gasteiger partial charge in [-0.2, -0.15) is 0 Å². The number of ether oxygens (including phenoxy) is 6. The van der Waals surface area contributed by atoms with Crippen LogP contribution in [0.4, 0.5) is 10.5 Å². The van der Waals surface area contributed by atoms with Gasteiger partial charge in [-0.3, -0.25) is 4.79 Å². The molecule has 2 saturated heterocycles. The van der Waals surface area contributed by atoms with Gasteiger partial charge in [0.25, 0.3) is 5.91 Å². The summed E-state index contributed by atoms with van der Waals surface area (Å²) in [6.45, 7) is 10.4. The average Bonchev–Trinajstić information content (AvgIpc) is 3.39. The van der Waals surface area contributed by atoms with E-state index < -0.39 is 36.2 Å². The van der Waals surface area contributed by atoms with Crippen LogP contribution >= 0.6 is 15.9 Å². The minimum absolute atomic E-state index is 0.0603. The van der Waals surface area contributed by atoms with E-state index in [9.17, 15) is 14.4 Å². The number of methoxy groups -OCH3 is 2. The maximum Gasteiger partial charge on any atom is 0.417 e. The van der Waals surface area contributed by atoms with Crippen LogP contribution in [0, 0.1) is 0 Å². The molecule has 0 aliphatic carbocycles. The van der Waals surface area contributed by atoms with Crippen LogP contribution in [-0.2, 0) is 30.9 Å². The van der Waals surface area contributed by atoms with E-state index in [4.69, 9.17) is 28.4 Å². The first kappa shape index (κ1) is 33.7. The fraction of sp³-hybridized carbons (Fsp3) is 0.500. The van der Waals surface area contributed by atoms with Crippen LogP contribution < -0.4 is 14.4 Å². The summed E-state index contributed by atoms with van der Waals surface area (Å²) in [7, 11) is 2.81. The number of benzene rings is 2. The molecule has 3 aliphatic heterocycles. The number of halogens is 1. The number of hydrogen-bond donors (Lipinski definition) is 0. The Bertz CT molecular complexity index is 1500. The predicted molar refractivity (Wildman–Crippen MR) is 173 cm³/mol. The van der Waals surface area contributed by atoms with E-state index in [2.05, 4.69) is 22.5 Å². The van der Waals surface area contributed by atoms with Crippen LogP contribution in [-0.4, -0.2) is 74.4 Å². The summed E-state index contributed by atoms with van der Waals surface area (Å²) in [6, 6.07) is 8.01. The number of hydrogen-bond acceptors (Lipinski definition) is 9. The van der Waals surface area contributed by atoms with Crippen LogP contribution in [0.2, 0.25) is 0 Å². The lowest BCUT2D eigenvalue weighted by Crippen LogP contribution is -2.54. The molecule has 11 nitrogen and oxygen atoms in total. The van der Waals surface area contributed by atoms with E-state index in [0.29, 0.717) is 48.2 Å². The Morgan fingerprint density at radius 1 is 1.07 bits per heavy atom. The molecule has 12 heteroatoms. The second-order valence-corrected chi connectivity index (χ2v) is 13.2. The number of carbonyl (C=O) groups excluding carboxylic acids is 3. The summed E-state index contributed by atoms with van der Waals surface area (Å²) in [5.41, 5.74) is 2.49. The van der Waals surface area contributed by atoms with Crippen LogP contribution in [0.5, 0.6) is 11.5 Å². The maximum atomic E-state index is 14.2. The number of carbonyl (C=O) groups is 3. The number of alkyl halides is 1. The standard InChI is InChI=1S/C34H41BrN2O9/c1-20-11-26-31(45-29-9-7-8-10-43-29)37(33(40)46-34(2,3)4)25-16-28(27(41-5)15-24(25)30(38)36(26)18-20)44-19-22-12-21(17-35)13-23(14-22)32(39)42-6/h12-16,26,29,31H,1,7-11,17-19H2,2-6H3/t26?,29?,31-/m0/s1. The van der Waals surface area contributed by atoms with Crippen molar-refractivity contribution in [2.45, 2.75) is 82.6 Å². The monoisotopic (exact) mass is 700 g/mol. The zero-order valence-electron chi connectivity index (χ0n) is 26.9. The number of rotatable bonds is 8. The van der Waals surface area contributed by atoms with Crippen molar-refractivity contribution in [2.24, 2.45) is 0 Å². The molecule has 3 heterocycles. The molecule has 2 aromatic carbocycles. The molecule has 2 unspecified atom stereocenters. The Kier molecular flexibility index (Phi) is 10.3. The summed E-state index contributed by atoms with van der Waals surface area (Å²) in [5.74, 6) is -0.175. The van der Waals surface area contributed by atoms with Crippen LogP contribution in [0.15, 0.2) is 42.5 Å². The first-order valence-corrected chi connectivity index (χ1v) is 16.4. The quantitative estimate of drug-likeness (QED) is 0.177. The molecule has 2 fully saturated rings. The van der Waals surface area contributed by atoms with Crippen molar-refractivity contribution in [3.05, 3.63) is 64.7 Å². The second-order valence-electron chi connectivity index (χ2n) is 12.6. The lowest BCUT2D eigenvalue weighted by atomic mass is 10.1. The zero-order chi connectivity index (χ0) is 33.2. The third-order valence-corrected chi connectivity index (χ3v) is 8.60. The van der Waals surface area contributed by atoms with E-state index in [1.807, 2.05) is 6.07 Å². The number of anilines is 1. The normalized spacial score (nSPS) is 21.3. The Morgan fingerprint density at radius 3 is 2.48 bits per heavy atom. The van der Waals surface area contributed by atoms with E-state index in [1.54, 1.807) is 49.9 Å². The molecule has 3 atom stereocenters. The number of amides is 2. The van der Waals surface area contributed by atoms with Gasteiger partial charge in [0.05, 0.1) is 37.1 Å². The number of nitrogens with zero attached hydrogens (tertiary/aromatic N) is 2. The van der Waals surface area contributed by atoms with Crippen LogP contribution in [0.25, 0.3) is 0 Å². The summed E-state index contributed by atoms with van der Waals surface area (Å²) in [6.07, 6.45) is 0.787. The van der Waals surface area contributed by atoms with Gasteiger partial charge in [-0.15, -0.1) is 0 Å². The van der Waals surface area contributed by atoms with E-state index in [1.165, 1.54) is 19.1 Å². The predicted octanol–water partition coefficient (Wildman–Crippen LogP) is 6.35. The first-order chi connectivity index (χ1) is 21.9. The van der Waals surface area contributed by atoms with E-state index in [0.717, 1.165) is 24.0 Å². The molecule has 2 amide bonds. The fourth-order valence-corrected chi connectivity index (χ4v) is 6.24. The number of fused-ring (bicyclic) bond motifs is 2. The molecule has 0 spiro atoms. The van der Waals surface area contributed by atoms with Gasteiger partial charge in [0.2, 0.25) is 0 Å². The average molecular weight is 702 g/mol. The second kappa shape index (κ2) is 14.0. The van der Waals surface area contributed by atoms with Gasteiger partial charge >= 0.3 is 12.1 Å². The molecule has 0 radical (unpaired) electrons. The fourth-order valence-electron chi connectivity index (χ4n) is 5.92. The molecule has 46 heavy (non-hydrogen) atoms. The lowest BCUT2D eigenvalue weighted by molar-refractivity contribution is -0.195. The SMILES string of the molecule is C=C1CC2[C@H](OC3CCCCO3)N(C(=O)OC(C)(C)C)c3cc(OCc4cc(CBr)cc(C(=O)OC)c4)c(OC)cc3C(=O)N2C1. The molecular formula is C34H41BrN2O9. The summed E-state index contributed by atoms with van der Waals surface area (Å²) < 4.78 is 35.3. The zero-order valence-corrected chi connectivity index (χ0v) is 28.5. The summed E-state index contributed by atoms with van der Waals surface area (Å²) >= 11 is 3.45. The van der Waals surface area contributed by atoms with Crippen LogP contribution in [0.1, 0.15) is 78.3 Å². The molecule has 2 aromatic rings. The van der Waals surface area contributed by atoms with Crippen molar-refractivity contribution in [1.82, 2.24) is 4.90 Å². The molecular weight excluding hydrogens is 660 g/mol. The molecule has 5 rings (SSSR count). The third kappa shape index (κ3) is 7.34. The van der Waals surface area contributed by atoms with Gasteiger partial charge in [-0.25, -0.2) is 14.5 Å². The van der Waals surface area contributed by atoms with E-state index in [-0.39, 0.29) is 29.5 Å². The highest BCUT2D eigenvalue weighted by Crippen LogP contribution is 2.43. The van der Waals surface area contributed by atoms with Gasteiger partial charge in [0.15, 0.2) is 24.0 Å². The molecule has 248 valence electrons. The highest BCUT2D eigenvalue weighted by Gasteiger charge is 2.49. The van der Waals surface area contributed by atoms with E-state index >= 15 is 0 Å². The van der Waals surface area contributed by atoms with Crippen LogP contribution in [0.3, 0.4) is 0 Å². The Morgan fingerprint density at radius 2 is 1.83 bits per heavy atom. The van der Waals surface area contributed by atoms with Crippen molar-refractivity contribution in [2.75, 3.05) is 32.3 Å². The minimum atomic E-state index is -0.929. The van der Waals surface area contributed by atoms with Crippen molar-refractivity contribution < 1.29 is 42.8 Å². The lowest BCUT2D eigenvalue weighted by Gasteiger charge is -2.39. The van der Waals surface area contributed by atoms with Crippen molar-refractivity contribution >= 4 is 39.6 Å². The molecule has 0 saturated carbocycles. The molecule has 0 bridgehead atoms. The summed E-state index contributed by atoms with van der Waals surface area (Å²) in [5, 5.41) is 0.524. The molecule has 0 aromatic heterocycles. The van der Waals surface area contributed by atoms with Crippen molar-refractivity contribution in [1.29, 1.82) is 0 Å². The third-order valence-electron chi connectivity index (χ3n) is 7.95. The largest absolute Gasteiger partial charge is 0.493 e. The Hall–Kier alpha value is -3.61. The highest BCUT2D eigenvalue weighted by atomic mass is 79.9. The molecule has 0 N–H and O–H groups in total. The first-order valence-electron chi connectivity index (χ1n) is 15.3. The maximum absolute atomic E-state index is 14.2. The van der Waals surface area contributed by atoms with Gasteiger partial charge in [0.1, 0.15) is 12.2 Å². The Balaban J connectivity index is 1.60.